The molecule has 0 aliphatic carbocycles. The van der Waals surface area contributed by atoms with Gasteiger partial charge in [0.15, 0.2) is 0 Å². The highest BCUT2D eigenvalue weighted by atomic mass is 19.1. The van der Waals surface area contributed by atoms with Crippen LogP contribution < -0.4 is 5.32 Å². The molecule has 0 unspecified atom stereocenters. The highest BCUT2D eigenvalue weighted by Crippen LogP contribution is 2.22. The third kappa shape index (κ3) is 4.19. The summed E-state index contributed by atoms with van der Waals surface area (Å²) in [4.78, 5) is 14.5. The van der Waals surface area contributed by atoms with Crippen LogP contribution in [0.3, 0.4) is 0 Å². The lowest BCUT2D eigenvalue weighted by atomic mass is 10.0. The molecule has 0 radical (unpaired) electrons. The molecule has 1 fully saturated rings. The van der Waals surface area contributed by atoms with E-state index in [9.17, 15) is 9.18 Å². The molecule has 5 heteroatoms. The van der Waals surface area contributed by atoms with Gasteiger partial charge >= 0.3 is 0 Å². The number of morpholine rings is 1. The first-order valence-electron chi connectivity index (χ1n) is 8.14. The van der Waals surface area contributed by atoms with Gasteiger partial charge in [0.25, 0.3) is 5.91 Å². The van der Waals surface area contributed by atoms with Crippen molar-refractivity contribution in [1.82, 2.24) is 10.2 Å². The van der Waals surface area contributed by atoms with Crippen LogP contribution in [-0.4, -0.2) is 43.7 Å². The molecule has 3 rings (SSSR count). The largest absolute Gasteiger partial charge is 0.379 e. The Labute approximate surface area is 141 Å². The van der Waals surface area contributed by atoms with Crippen molar-refractivity contribution in [1.29, 1.82) is 0 Å². The number of amides is 1. The second-order valence-corrected chi connectivity index (χ2v) is 5.80. The van der Waals surface area contributed by atoms with Crippen molar-refractivity contribution in [3.05, 3.63) is 71.5 Å². The number of rotatable bonds is 5. The lowest BCUT2D eigenvalue weighted by molar-refractivity contribution is 0.0162. The molecule has 2 aromatic rings. The van der Waals surface area contributed by atoms with Crippen LogP contribution in [0.1, 0.15) is 22.0 Å². The molecule has 1 saturated heterocycles. The van der Waals surface area contributed by atoms with E-state index in [2.05, 4.69) is 10.2 Å². The third-order valence-electron chi connectivity index (χ3n) is 4.21. The Morgan fingerprint density at radius 3 is 2.58 bits per heavy atom. The summed E-state index contributed by atoms with van der Waals surface area (Å²) in [6.45, 7) is 3.26. The molecule has 24 heavy (non-hydrogen) atoms. The van der Waals surface area contributed by atoms with Gasteiger partial charge in [-0.1, -0.05) is 30.3 Å². The molecule has 0 aromatic heterocycles. The summed E-state index contributed by atoms with van der Waals surface area (Å²) in [5.74, 6) is -0.384. The Bertz CT molecular complexity index is 672. The van der Waals surface area contributed by atoms with Crippen LogP contribution in [0.25, 0.3) is 0 Å². The summed E-state index contributed by atoms with van der Waals surface area (Å²) in [7, 11) is 0. The van der Waals surface area contributed by atoms with Crippen LogP contribution in [0.15, 0.2) is 54.6 Å². The van der Waals surface area contributed by atoms with Gasteiger partial charge in [-0.15, -0.1) is 0 Å². The van der Waals surface area contributed by atoms with E-state index in [0.29, 0.717) is 25.3 Å². The number of hydrogen-bond donors (Lipinski definition) is 1. The quantitative estimate of drug-likeness (QED) is 0.917. The number of benzene rings is 2. The lowest BCUT2D eigenvalue weighted by Crippen LogP contribution is -2.43. The van der Waals surface area contributed by atoms with Crippen LogP contribution in [0.5, 0.6) is 0 Å². The molecule has 1 N–H and O–H groups in total. The molecule has 1 amide bonds. The predicted octanol–water partition coefficient (Wildman–Crippen LogP) is 2.63. The van der Waals surface area contributed by atoms with Crippen LogP contribution in [-0.2, 0) is 4.74 Å². The third-order valence-corrected chi connectivity index (χ3v) is 4.21. The summed E-state index contributed by atoms with van der Waals surface area (Å²) in [5.41, 5.74) is 1.49. The molecule has 1 heterocycles. The molecule has 126 valence electrons. The van der Waals surface area contributed by atoms with Gasteiger partial charge in [-0.2, -0.15) is 0 Å². The van der Waals surface area contributed by atoms with Gasteiger partial charge in [-0.05, 0) is 29.8 Å². The number of nitrogens with one attached hydrogen (secondary N) is 1. The summed E-state index contributed by atoms with van der Waals surface area (Å²) in [6.07, 6.45) is 0. The molecular weight excluding hydrogens is 307 g/mol. The van der Waals surface area contributed by atoms with E-state index in [-0.39, 0.29) is 17.8 Å². The van der Waals surface area contributed by atoms with Crippen molar-refractivity contribution in [3.63, 3.8) is 0 Å². The van der Waals surface area contributed by atoms with Crippen molar-refractivity contribution in [2.75, 3.05) is 32.8 Å². The SMILES string of the molecule is O=C(NC[C@@H](c1cccc(F)c1)N1CCOCC1)c1ccccc1. The van der Waals surface area contributed by atoms with Crippen molar-refractivity contribution >= 4 is 5.91 Å². The van der Waals surface area contributed by atoms with E-state index in [1.807, 2.05) is 24.3 Å². The van der Waals surface area contributed by atoms with E-state index in [1.165, 1.54) is 12.1 Å². The van der Waals surface area contributed by atoms with Crippen LogP contribution in [0.4, 0.5) is 4.39 Å². The van der Waals surface area contributed by atoms with E-state index < -0.39 is 0 Å². The summed E-state index contributed by atoms with van der Waals surface area (Å²) >= 11 is 0. The van der Waals surface area contributed by atoms with Gasteiger partial charge in [0.2, 0.25) is 0 Å². The second kappa shape index (κ2) is 8.04. The zero-order valence-corrected chi connectivity index (χ0v) is 13.5. The maximum Gasteiger partial charge on any atom is 0.251 e. The maximum atomic E-state index is 13.6. The Hall–Kier alpha value is -2.24. The Morgan fingerprint density at radius 1 is 1.12 bits per heavy atom. The normalized spacial score (nSPS) is 16.5. The van der Waals surface area contributed by atoms with Crippen molar-refractivity contribution in [2.45, 2.75) is 6.04 Å². The minimum absolute atomic E-state index is 0.0720. The fourth-order valence-corrected chi connectivity index (χ4v) is 2.94. The van der Waals surface area contributed by atoms with E-state index >= 15 is 0 Å². The molecule has 1 aliphatic heterocycles. The van der Waals surface area contributed by atoms with Gasteiger partial charge < -0.3 is 10.1 Å². The first-order chi connectivity index (χ1) is 11.7. The van der Waals surface area contributed by atoms with Gasteiger partial charge in [0, 0.05) is 25.2 Å². The fraction of sp³-hybridized carbons (Fsp3) is 0.316. The van der Waals surface area contributed by atoms with Crippen LogP contribution >= 0.6 is 0 Å². The van der Waals surface area contributed by atoms with Gasteiger partial charge in [-0.3, -0.25) is 9.69 Å². The minimum Gasteiger partial charge on any atom is -0.379 e. The average molecular weight is 328 g/mol. The van der Waals surface area contributed by atoms with Crippen LogP contribution in [0, 0.1) is 5.82 Å². The number of carbonyl (C=O) groups excluding carboxylic acids is 1. The Kier molecular flexibility index (Phi) is 5.56. The monoisotopic (exact) mass is 328 g/mol. The molecule has 1 atom stereocenters. The molecule has 2 aromatic carbocycles. The minimum atomic E-state index is -0.264. The van der Waals surface area contributed by atoms with E-state index in [4.69, 9.17) is 4.74 Å². The molecule has 0 saturated carbocycles. The second-order valence-electron chi connectivity index (χ2n) is 5.80. The molecule has 0 spiro atoms. The number of ether oxygens (including phenoxy) is 1. The van der Waals surface area contributed by atoms with Crippen molar-refractivity contribution < 1.29 is 13.9 Å². The van der Waals surface area contributed by atoms with Crippen LogP contribution in [0.2, 0.25) is 0 Å². The van der Waals surface area contributed by atoms with Crippen molar-refractivity contribution in [2.24, 2.45) is 0 Å². The fourth-order valence-electron chi connectivity index (χ4n) is 2.94. The van der Waals surface area contributed by atoms with E-state index in [0.717, 1.165) is 18.7 Å². The first-order valence-corrected chi connectivity index (χ1v) is 8.14. The molecule has 0 bridgehead atoms. The van der Waals surface area contributed by atoms with Gasteiger partial charge in [0.05, 0.1) is 19.3 Å². The molecule has 4 nitrogen and oxygen atoms in total. The van der Waals surface area contributed by atoms with E-state index in [1.54, 1.807) is 18.2 Å². The Balaban J connectivity index is 1.73. The van der Waals surface area contributed by atoms with Gasteiger partial charge in [0.1, 0.15) is 5.82 Å². The molecule has 1 aliphatic rings. The Morgan fingerprint density at radius 2 is 1.88 bits per heavy atom. The summed E-state index contributed by atoms with van der Waals surface area (Å²) < 4.78 is 19.0. The highest BCUT2D eigenvalue weighted by Gasteiger charge is 2.23. The highest BCUT2D eigenvalue weighted by molar-refractivity contribution is 5.94. The lowest BCUT2D eigenvalue weighted by Gasteiger charge is -2.35. The number of nitrogens with zero attached hydrogens (tertiary/aromatic N) is 1. The number of carbonyl (C=O) groups is 1. The summed E-state index contributed by atoms with van der Waals surface area (Å²) in [6, 6.07) is 15.6. The summed E-state index contributed by atoms with van der Waals surface area (Å²) in [5, 5.41) is 2.97. The maximum absolute atomic E-state index is 13.6. The number of hydrogen-bond acceptors (Lipinski definition) is 3. The first kappa shape index (κ1) is 16.6. The smallest absolute Gasteiger partial charge is 0.251 e. The molecular formula is C19H21FN2O2. The topological polar surface area (TPSA) is 41.6 Å². The zero-order valence-electron chi connectivity index (χ0n) is 13.5. The number of halogens is 1. The predicted molar refractivity (Wildman–Crippen MR) is 90.3 cm³/mol. The van der Waals surface area contributed by atoms with Crippen molar-refractivity contribution in [3.8, 4) is 0 Å². The zero-order chi connectivity index (χ0) is 16.8. The average Bonchev–Trinajstić information content (AvgIpc) is 2.63. The standard InChI is InChI=1S/C19H21FN2O2/c20-17-8-4-7-16(13-17)18(22-9-11-24-12-10-22)14-21-19(23)15-5-2-1-3-6-15/h1-8,13,18H,9-12,14H2,(H,21,23)/t18-/m0/s1. The van der Waals surface area contributed by atoms with Gasteiger partial charge in [-0.25, -0.2) is 4.39 Å².